The first-order valence-electron chi connectivity index (χ1n) is 5.36. The van der Waals surface area contributed by atoms with E-state index in [0.29, 0.717) is 10.6 Å². The quantitative estimate of drug-likeness (QED) is 0.781. The van der Waals surface area contributed by atoms with Crippen molar-refractivity contribution >= 4 is 22.9 Å². The van der Waals surface area contributed by atoms with Crippen LogP contribution in [0.3, 0.4) is 0 Å². The molecule has 0 bridgehead atoms. The van der Waals surface area contributed by atoms with E-state index in [1.165, 1.54) is 25.6 Å². The molecular weight excluding hydrogens is 294 g/mol. The Kier molecular flexibility index (Phi) is 4.27. The van der Waals surface area contributed by atoms with Gasteiger partial charge in [-0.05, 0) is 6.07 Å². The minimum atomic E-state index is -0.903. The van der Waals surface area contributed by atoms with Crippen molar-refractivity contribution in [2.45, 2.75) is 5.38 Å². The van der Waals surface area contributed by atoms with Crippen LogP contribution in [0, 0.1) is 11.6 Å². The van der Waals surface area contributed by atoms with Crippen LogP contribution in [0.2, 0.25) is 0 Å². The summed E-state index contributed by atoms with van der Waals surface area (Å²) in [5.74, 6) is -0.736. The molecule has 19 heavy (non-hydrogen) atoms. The number of hydrogen-bond donors (Lipinski definition) is 0. The van der Waals surface area contributed by atoms with Crippen molar-refractivity contribution in [3.8, 4) is 11.5 Å². The van der Waals surface area contributed by atoms with Gasteiger partial charge in [-0.15, -0.1) is 22.9 Å². The molecule has 1 atom stereocenters. The van der Waals surface area contributed by atoms with Crippen LogP contribution in [0.5, 0.6) is 11.5 Å². The average molecular weight is 305 g/mol. The molecule has 0 aliphatic rings. The predicted octanol–water partition coefficient (Wildman–Crippen LogP) is 4.37. The summed E-state index contributed by atoms with van der Waals surface area (Å²) >= 11 is 7.42. The molecule has 6 heteroatoms. The molecular formula is C13H11ClF2O2S. The maximum Gasteiger partial charge on any atom is 0.134 e. The van der Waals surface area contributed by atoms with Gasteiger partial charge in [0.2, 0.25) is 0 Å². The Morgan fingerprint density at radius 2 is 1.63 bits per heavy atom. The molecule has 0 aliphatic heterocycles. The summed E-state index contributed by atoms with van der Waals surface area (Å²) in [5.41, 5.74) is -0.188. The van der Waals surface area contributed by atoms with E-state index in [-0.39, 0.29) is 11.3 Å². The summed E-state index contributed by atoms with van der Waals surface area (Å²) in [6.07, 6.45) is 0. The molecule has 0 fully saturated rings. The maximum absolute atomic E-state index is 13.9. The van der Waals surface area contributed by atoms with Gasteiger partial charge in [0.15, 0.2) is 0 Å². The summed E-state index contributed by atoms with van der Waals surface area (Å²) in [6.45, 7) is 0. The summed E-state index contributed by atoms with van der Waals surface area (Å²) in [5, 5.41) is 0.823. The lowest BCUT2D eigenvalue weighted by Crippen LogP contribution is -2.00. The van der Waals surface area contributed by atoms with Gasteiger partial charge in [0, 0.05) is 28.0 Å². The highest BCUT2D eigenvalue weighted by molar-refractivity contribution is 7.10. The molecule has 0 N–H and O–H groups in total. The Bertz CT molecular complexity index is 563. The molecule has 0 radical (unpaired) electrons. The SMILES string of the molecule is COc1csc(C(Cl)c2c(F)cc(OC)cc2F)c1. The minimum absolute atomic E-state index is 0.117. The van der Waals surface area contributed by atoms with Crippen LogP contribution in [-0.2, 0) is 0 Å². The number of methoxy groups -OCH3 is 2. The van der Waals surface area contributed by atoms with E-state index in [4.69, 9.17) is 21.1 Å². The highest BCUT2D eigenvalue weighted by atomic mass is 35.5. The first-order chi connectivity index (χ1) is 9.06. The van der Waals surface area contributed by atoms with Crippen molar-refractivity contribution in [1.29, 1.82) is 0 Å². The standard InChI is InChI=1S/C13H11ClF2O2S/c1-17-7-3-9(15)12(10(16)4-7)13(14)11-5-8(18-2)6-19-11/h3-6,13H,1-2H3. The first kappa shape index (κ1) is 14.1. The molecule has 0 aliphatic carbocycles. The van der Waals surface area contributed by atoms with Crippen molar-refractivity contribution in [3.05, 3.63) is 45.7 Å². The molecule has 1 heterocycles. The topological polar surface area (TPSA) is 18.5 Å². The highest BCUT2D eigenvalue weighted by Gasteiger charge is 2.22. The Balaban J connectivity index is 2.40. The molecule has 0 saturated carbocycles. The molecule has 2 nitrogen and oxygen atoms in total. The number of halogens is 3. The van der Waals surface area contributed by atoms with Crippen LogP contribution in [0.15, 0.2) is 23.6 Å². The van der Waals surface area contributed by atoms with E-state index in [9.17, 15) is 8.78 Å². The fraction of sp³-hybridized carbons (Fsp3) is 0.231. The van der Waals surface area contributed by atoms with E-state index < -0.39 is 17.0 Å². The zero-order valence-corrected chi connectivity index (χ0v) is 11.8. The van der Waals surface area contributed by atoms with E-state index in [0.717, 1.165) is 12.1 Å². The van der Waals surface area contributed by atoms with Gasteiger partial charge < -0.3 is 9.47 Å². The summed E-state index contributed by atoms with van der Waals surface area (Å²) < 4.78 is 37.6. The van der Waals surface area contributed by atoms with Gasteiger partial charge in [-0.3, -0.25) is 0 Å². The second-order valence-electron chi connectivity index (χ2n) is 3.76. The van der Waals surface area contributed by atoms with Crippen LogP contribution in [0.1, 0.15) is 15.8 Å². The van der Waals surface area contributed by atoms with Crippen LogP contribution in [0.25, 0.3) is 0 Å². The Hall–Kier alpha value is -1.33. The summed E-state index contributed by atoms with van der Waals surface area (Å²) in [4.78, 5) is 0.612. The number of thiophene rings is 1. The Morgan fingerprint density at radius 1 is 1.05 bits per heavy atom. The Labute approximate surface area is 118 Å². The van der Waals surface area contributed by atoms with Gasteiger partial charge in [0.25, 0.3) is 0 Å². The number of ether oxygens (including phenoxy) is 2. The lowest BCUT2D eigenvalue weighted by molar-refractivity contribution is 0.405. The van der Waals surface area contributed by atoms with Crippen molar-refractivity contribution in [2.24, 2.45) is 0 Å². The number of hydrogen-bond acceptors (Lipinski definition) is 3. The van der Waals surface area contributed by atoms with Crippen LogP contribution in [-0.4, -0.2) is 14.2 Å². The molecule has 2 rings (SSSR count). The smallest absolute Gasteiger partial charge is 0.134 e. The highest BCUT2D eigenvalue weighted by Crippen LogP contribution is 2.38. The predicted molar refractivity (Wildman–Crippen MR) is 71.5 cm³/mol. The third kappa shape index (κ3) is 2.82. The lowest BCUT2D eigenvalue weighted by atomic mass is 10.1. The van der Waals surface area contributed by atoms with Crippen molar-refractivity contribution in [1.82, 2.24) is 0 Å². The molecule has 1 unspecified atom stereocenters. The zero-order valence-electron chi connectivity index (χ0n) is 10.2. The molecule has 1 aromatic heterocycles. The molecule has 2 aromatic rings. The summed E-state index contributed by atoms with van der Waals surface area (Å²) in [6, 6.07) is 3.88. The monoisotopic (exact) mass is 304 g/mol. The van der Waals surface area contributed by atoms with Crippen LogP contribution in [0.4, 0.5) is 8.78 Å². The minimum Gasteiger partial charge on any atom is -0.497 e. The van der Waals surface area contributed by atoms with Crippen LogP contribution < -0.4 is 9.47 Å². The average Bonchev–Trinajstić information content (AvgIpc) is 2.86. The summed E-state index contributed by atoms with van der Waals surface area (Å²) in [7, 11) is 2.86. The van der Waals surface area contributed by atoms with Gasteiger partial charge in [-0.25, -0.2) is 8.78 Å². The fourth-order valence-electron chi connectivity index (χ4n) is 1.64. The van der Waals surface area contributed by atoms with Gasteiger partial charge in [0.1, 0.15) is 23.1 Å². The molecule has 0 saturated heterocycles. The molecule has 102 valence electrons. The van der Waals surface area contributed by atoms with E-state index >= 15 is 0 Å². The van der Waals surface area contributed by atoms with Gasteiger partial charge >= 0.3 is 0 Å². The molecule has 1 aromatic carbocycles. The van der Waals surface area contributed by atoms with E-state index in [1.54, 1.807) is 11.4 Å². The zero-order chi connectivity index (χ0) is 14.0. The number of alkyl halides is 1. The van der Waals surface area contributed by atoms with Crippen molar-refractivity contribution in [2.75, 3.05) is 14.2 Å². The van der Waals surface area contributed by atoms with E-state index in [1.807, 2.05) is 0 Å². The second-order valence-corrected chi connectivity index (χ2v) is 5.14. The van der Waals surface area contributed by atoms with Crippen LogP contribution >= 0.6 is 22.9 Å². The second kappa shape index (κ2) is 5.75. The number of benzene rings is 1. The first-order valence-corrected chi connectivity index (χ1v) is 6.67. The third-order valence-corrected chi connectivity index (χ3v) is 4.18. The van der Waals surface area contributed by atoms with Gasteiger partial charge in [0.05, 0.1) is 19.6 Å². The Morgan fingerprint density at radius 3 is 2.11 bits per heavy atom. The van der Waals surface area contributed by atoms with Gasteiger partial charge in [-0.1, -0.05) is 0 Å². The van der Waals surface area contributed by atoms with Gasteiger partial charge in [-0.2, -0.15) is 0 Å². The maximum atomic E-state index is 13.9. The third-order valence-electron chi connectivity index (χ3n) is 2.62. The normalized spacial score (nSPS) is 12.3. The molecule has 0 spiro atoms. The fourth-order valence-corrected chi connectivity index (χ4v) is 2.90. The lowest BCUT2D eigenvalue weighted by Gasteiger charge is -2.11. The largest absolute Gasteiger partial charge is 0.497 e. The van der Waals surface area contributed by atoms with E-state index in [2.05, 4.69) is 0 Å². The number of rotatable bonds is 4. The van der Waals surface area contributed by atoms with Crippen molar-refractivity contribution < 1.29 is 18.3 Å². The van der Waals surface area contributed by atoms with Crippen molar-refractivity contribution in [3.63, 3.8) is 0 Å². The molecule has 0 amide bonds.